The number of nitrogens with zero attached hydrogens (tertiary/aromatic N) is 5. The van der Waals surface area contributed by atoms with Crippen LogP contribution in [0.25, 0.3) is 6.08 Å². The number of rotatable bonds is 6. The van der Waals surface area contributed by atoms with Crippen molar-refractivity contribution >= 4 is 23.6 Å². The Bertz CT molecular complexity index is 976. The number of pyridine rings is 2. The van der Waals surface area contributed by atoms with Crippen LogP contribution in [-0.4, -0.2) is 44.1 Å². The lowest BCUT2D eigenvalue weighted by molar-refractivity contribution is -0.127. The van der Waals surface area contributed by atoms with E-state index in [1.165, 1.54) is 0 Å². The molecule has 1 aliphatic rings. The number of nitrogens with one attached hydrogen (secondary N) is 1. The van der Waals surface area contributed by atoms with Crippen molar-refractivity contribution in [3.05, 3.63) is 78.4 Å². The first-order chi connectivity index (χ1) is 14.8. The van der Waals surface area contributed by atoms with Gasteiger partial charge in [0.2, 0.25) is 5.91 Å². The number of carbonyl (C=O) groups is 1. The van der Waals surface area contributed by atoms with Gasteiger partial charge in [-0.15, -0.1) is 5.10 Å². The third-order valence-corrected chi connectivity index (χ3v) is 5.07. The predicted molar refractivity (Wildman–Crippen MR) is 116 cm³/mol. The van der Waals surface area contributed by atoms with Gasteiger partial charge >= 0.3 is 0 Å². The predicted octanol–water partition coefficient (Wildman–Crippen LogP) is 3.50. The normalized spacial score (nSPS) is 16.5. The molecule has 3 aromatic heterocycles. The fraction of sp³-hybridized carbons (Fsp3) is 0.261. The largest absolute Gasteiger partial charge is 0.339 e. The first-order valence-electron chi connectivity index (χ1n) is 10.1. The van der Waals surface area contributed by atoms with Crippen molar-refractivity contribution in [1.82, 2.24) is 25.1 Å². The van der Waals surface area contributed by atoms with Crippen molar-refractivity contribution in [3.63, 3.8) is 0 Å². The lowest BCUT2D eigenvalue weighted by atomic mass is 9.93. The van der Waals surface area contributed by atoms with E-state index < -0.39 is 0 Å². The van der Waals surface area contributed by atoms with Crippen LogP contribution < -0.4 is 5.32 Å². The molecule has 1 saturated heterocycles. The molecule has 0 unspecified atom stereocenters. The van der Waals surface area contributed by atoms with Crippen LogP contribution >= 0.6 is 0 Å². The van der Waals surface area contributed by atoms with Crippen molar-refractivity contribution in [3.8, 4) is 0 Å². The van der Waals surface area contributed by atoms with Crippen molar-refractivity contribution in [2.45, 2.75) is 19.3 Å². The van der Waals surface area contributed by atoms with E-state index in [1.807, 2.05) is 53.4 Å². The summed E-state index contributed by atoms with van der Waals surface area (Å²) in [5.41, 5.74) is 1.86. The van der Waals surface area contributed by atoms with Gasteiger partial charge in [-0.25, -0.2) is 4.98 Å². The standard InChI is InChI=1S/C23H24N6O/c30-23(11-8-18-5-3-12-24-16-18)29-14-4-6-19(17-29)15-20-9-10-22(28-27-20)26-21-7-1-2-13-25-21/h1-3,5,7-13,16,19H,4,6,14-15,17H2,(H,25,26,28)/b11-8+/t19-/m0/s1. The molecule has 0 saturated carbocycles. The average molecular weight is 400 g/mol. The average Bonchev–Trinajstić information content (AvgIpc) is 2.80. The van der Waals surface area contributed by atoms with Crippen LogP contribution in [-0.2, 0) is 11.2 Å². The van der Waals surface area contributed by atoms with Gasteiger partial charge in [-0.05, 0) is 67.2 Å². The minimum atomic E-state index is 0.0459. The van der Waals surface area contributed by atoms with E-state index in [0.29, 0.717) is 11.7 Å². The van der Waals surface area contributed by atoms with Crippen molar-refractivity contribution < 1.29 is 4.79 Å². The number of carbonyl (C=O) groups excluding carboxylic acids is 1. The minimum Gasteiger partial charge on any atom is -0.339 e. The zero-order chi connectivity index (χ0) is 20.6. The maximum Gasteiger partial charge on any atom is 0.246 e. The third-order valence-electron chi connectivity index (χ3n) is 5.07. The molecule has 7 heteroatoms. The van der Waals surface area contributed by atoms with Gasteiger partial charge in [-0.3, -0.25) is 9.78 Å². The number of hydrogen-bond acceptors (Lipinski definition) is 6. The Morgan fingerprint density at radius 3 is 2.83 bits per heavy atom. The summed E-state index contributed by atoms with van der Waals surface area (Å²) in [7, 11) is 0. The SMILES string of the molecule is O=C(/C=C/c1cccnc1)N1CCC[C@@H](Cc2ccc(Nc3ccccn3)nn2)C1. The number of anilines is 2. The van der Waals surface area contributed by atoms with Crippen molar-refractivity contribution in [2.75, 3.05) is 18.4 Å². The molecular formula is C23H24N6O. The number of piperidine rings is 1. The van der Waals surface area contributed by atoms with E-state index in [1.54, 1.807) is 24.7 Å². The molecule has 1 aliphatic heterocycles. The van der Waals surface area contributed by atoms with Gasteiger partial charge in [0, 0.05) is 37.8 Å². The highest BCUT2D eigenvalue weighted by atomic mass is 16.2. The van der Waals surface area contributed by atoms with Gasteiger partial charge in [0.1, 0.15) is 5.82 Å². The summed E-state index contributed by atoms with van der Waals surface area (Å²) in [6.07, 6.45) is 11.6. The summed E-state index contributed by atoms with van der Waals surface area (Å²) < 4.78 is 0. The van der Waals surface area contributed by atoms with E-state index >= 15 is 0 Å². The van der Waals surface area contributed by atoms with E-state index in [0.717, 1.165) is 49.4 Å². The van der Waals surface area contributed by atoms with Crippen LogP contribution in [0.2, 0.25) is 0 Å². The monoisotopic (exact) mass is 400 g/mol. The van der Waals surface area contributed by atoms with Crippen LogP contribution in [0.1, 0.15) is 24.1 Å². The van der Waals surface area contributed by atoms with Gasteiger partial charge in [-0.1, -0.05) is 12.1 Å². The molecule has 4 heterocycles. The van der Waals surface area contributed by atoms with Crippen molar-refractivity contribution in [1.29, 1.82) is 0 Å². The van der Waals surface area contributed by atoms with Crippen LogP contribution in [0.5, 0.6) is 0 Å². The second-order valence-electron chi connectivity index (χ2n) is 7.37. The highest BCUT2D eigenvalue weighted by molar-refractivity contribution is 5.91. The first kappa shape index (κ1) is 19.7. The maximum atomic E-state index is 12.6. The highest BCUT2D eigenvalue weighted by Crippen LogP contribution is 2.21. The van der Waals surface area contributed by atoms with Gasteiger partial charge in [0.15, 0.2) is 5.82 Å². The molecule has 0 aliphatic carbocycles. The van der Waals surface area contributed by atoms with E-state index in [9.17, 15) is 4.79 Å². The second kappa shape index (κ2) is 9.73. The fourth-order valence-electron chi connectivity index (χ4n) is 3.58. The molecule has 30 heavy (non-hydrogen) atoms. The highest BCUT2D eigenvalue weighted by Gasteiger charge is 2.23. The molecule has 7 nitrogen and oxygen atoms in total. The summed E-state index contributed by atoms with van der Waals surface area (Å²) in [4.78, 5) is 22.8. The number of aromatic nitrogens is 4. The first-order valence-corrected chi connectivity index (χ1v) is 10.1. The minimum absolute atomic E-state index is 0.0459. The molecule has 0 aromatic carbocycles. The Labute approximate surface area is 175 Å². The zero-order valence-electron chi connectivity index (χ0n) is 16.7. The molecule has 152 valence electrons. The molecule has 1 fully saturated rings. The molecule has 1 N–H and O–H groups in total. The van der Waals surface area contributed by atoms with E-state index in [4.69, 9.17) is 0 Å². The lowest BCUT2D eigenvalue weighted by Gasteiger charge is -2.32. The van der Waals surface area contributed by atoms with Gasteiger partial charge in [0.05, 0.1) is 5.69 Å². The Morgan fingerprint density at radius 2 is 2.07 bits per heavy atom. The number of amides is 1. The number of hydrogen-bond donors (Lipinski definition) is 1. The molecule has 0 bridgehead atoms. The van der Waals surface area contributed by atoms with Gasteiger partial charge < -0.3 is 10.2 Å². The maximum absolute atomic E-state index is 12.6. The molecule has 4 rings (SSSR count). The smallest absolute Gasteiger partial charge is 0.246 e. The zero-order valence-corrected chi connectivity index (χ0v) is 16.7. The summed E-state index contributed by atoms with van der Waals surface area (Å²) >= 11 is 0. The molecule has 3 aromatic rings. The quantitative estimate of drug-likeness (QED) is 0.638. The van der Waals surface area contributed by atoms with Crippen LogP contribution in [0.15, 0.2) is 67.1 Å². The molecule has 1 amide bonds. The van der Waals surface area contributed by atoms with Gasteiger partial charge in [0.25, 0.3) is 0 Å². The molecular weight excluding hydrogens is 376 g/mol. The number of likely N-dealkylation sites (tertiary alicyclic amines) is 1. The van der Waals surface area contributed by atoms with E-state index in [2.05, 4.69) is 25.5 Å². The van der Waals surface area contributed by atoms with E-state index in [-0.39, 0.29) is 5.91 Å². The van der Waals surface area contributed by atoms with Crippen LogP contribution in [0.3, 0.4) is 0 Å². The van der Waals surface area contributed by atoms with Crippen molar-refractivity contribution in [2.24, 2.45) is 5.92 Å². The lowest BCUT2D eigenvalue weighted by Crippen LogP contribution is -2.39. The van der Waals surface area contributed by atoms with Crippen LogP contribution in [0.4, 0.5) is 11.6 Å². The summed E-state index contributed by atoms with van der Waals surface area (Å²) in [6.45, 7) is 1.54. The molecule has 0 radical (unpaired) electrons. The Morgan fingerprint density at radius 1 is 1.10 bits per heavy atom. The summed E-state index contributed by atoms with van der Waals surface area (Å²) in [6, 6.07) is 13.4. The second-order valence-corrected chi connectivity index (χ2v) is 7.37. The topological polar surface area (TPSA) is 83.9 Å². The summed E-state index contributed by atoms with van der Waals surface area (Å²) in [5, 5.41) is 11.7. The third kappa shape index (κ3) is 5.47. The summed E-state index contributed by atoms with van der Waals surface area (Å²) in [5.74, 6) is 1.83. The Hall–Kier alpha value is -3.61. The van der Waals surface area contributed by atoms with Crippen LogP contribution in [0, 0.1) is 5.92 Å². The fourth-order valence-corrected chi connectivity index (χ4v) is 3.58. The van der Waals surface area contributed by atoms with Gasteiger partial charge in [-0.2, -0.15) is 5.10 Å². The Balaban J connectivity index is 1.31. The Kier molecular flexibility index (Phi) is 6.39. The molecule has 1 atom stereocenters. The molecule has 0 spiro atoms.